The van der Waals surface area contributed by atoms with Gasteiger partial charge in [-0.15, -0.1) is 0 Å². The zero-order valence-electron chi connectivity index (χ0n) is 11.8. The Kier molecular flexibility index (Phi) is 4.53. The first-order chi connectivity index (χ1) is 9.02. The summed E-state index contributed by atoms with van der Waals surface area (Å²) in [6, 6.07) is 7.44. The number of para-hydroxylation sites is 1. The minimum atomic E-state index is 0.139. The molecule has 1 heterocycles. The predicted octanol–water partition coefficient (Wildman–Crippen LogP) is 2.71. The van der Waals surface area contributed by atoms with Crippen LogP contribution >= 0.6 is 11.8 Å². The van der Waals surface area contributed by atoms with E-state index in [0.717, 1.165) is 18.8 Å². The van der Waals surface area contributed by atoms with Gasteiger partial charge in [0, 0.05) is 23.6 Å². The van der Waals surface area contributed by atoms with Crippen molar-refractivity contribution in [3.63, 3.8) is 0 Å². The Hall–Kier alpha value is -1.00. The molecule has 0 aliphatic carbocycles. The van der Waals surface area contributed by atoms with Gasteiger partial charge in [-0.05, 0) is 26.0 Å². The Labute approximate surface area is 119 Å². The van der Waals surface area contributed by atoms with E-state index in [-0.39, 0.29) is 10.5 Å². The summed E-state index contributed by atoms with van der Waals surface area (Å²) in [5, 5.41) is 0. The number of thioether (sulfide) groups is 1. The molecule has 3 nitrogen and oxygen atoms in total. The lowest BCUT2D eigenvalue weighted by atomic mass is 10.1. The molecule has 4 heteroatoms. The molecule has 0 N–H and O–H groups in total. The van der Waals surface area contributed by atoms with Crippen LogP contribution in [-0.4, -0.2) is 47.9 Å². The molecule has 1 saturated heterocycles. The maximum atomic E-state index is 12.4. The third kappa shape index (κ3) is 3.74. The van der Waals surface area contributed by atoms with Crippen molar-refractivity contribution in [2.24, 2.45) is 0 Å². The quantitative estimate of drug-likeness (QED) is 0.793. The molecule has 0 atom stereocenters. The van der Waals surface area contributed by atoms with Gasteiger partial charge in [0.05, 0.1) is 19.2 Å². The summed E-state index contributed by atoms with van der Waals surface area (Å²) in [7, 11) is 1.60. The fraction of sp³-hybridized carbons (Fsp3) is 0.533. The summed E-state index contributed by atoms with van der Waals surface area (Å²) >= 11 is 1.98. The fourth-order valence-corrected chi connectivity index (χ4v) is 3.59. The highest BCUT2D eigenvalue weighted by atomic mass is 32.2. The second-order valence-corrected chi connectivity index (χ2v) is 7.24. The maximum absolute atomic E-state index is 12.4. The average molecular weight is 279 g/mol. The van der Waals surface area contributed by atoms with Crippen LogP contribution in [0.3, 0.4) is 0 Å². The van der Waals surface area contributed by atoms with E-state index in [1.54, 1.807) is 7.11 Å². The molecule has 0 saturated carbocycles. The van der Waals surface area contributed by atoms with Crippen molar-refractivity contribution in [3.8, 4) is 5.75 Å². The molecule has 1 aromatic rings. The Morgan fingerprint density at radius 1 is 1.42 bits per heavy atom. The molecule has 19 heavy (non-hydrogen) atoms. The first-order valence-electron chi connectivity index (χ1n) is 6.54. The summed E-state index contributed by atoms with van der Waals surface area (Å²) in [4.78, 5) is 14.6. The van der Waals surface area contributed by atoms with Crippen LogP contribution in [0, 0.1) is 0 Å². The molecule has 0 amide bonds. The van der Waals surface area contributed by atoms with E-state index in [0.29, 0.717) is 17.9 Å². The molecule has 1 fully saturated rings. The zero-order valence-corrected chi connectivity index (χ0v) is 12.6. The monoisotopic (exact) mass is 279 g/mol. The molecule has 0 spiro atoms. The van der Waals surface area contributed by atoms with E-state index >= 15 is 0 Å². The minimum Gasteiger partial charge on any atom is -0.496 e. The van der Waals surface area contributed by atoms with E-state index in [1.807, 2.05) is 36.0 Å². The molecular formula is C15H21NO2S. The van der Waals surface area contributed by atoms with Crippen LogP contribution in [0.25, 0.3) is 0 Å². The molecule has 2 rings (SSSR count). The van der Waals surface area contributed by atoms with E-state index in [4.69, 9.17) is 4.74 Å². The van der Waals surface area contributed by atoms with Crippen LogP contribution in [0.5, 0.6) is 5.75 Å². The molecule has 1 aliphatic heterocycles. The largest absolute Gasteiger partial charge is 0.496 e. The summed E-state index contributed by atoms with van der Waals surface area (Å²) < 4.78 is 5.49. The second kappa shape index (κ2) is 5.97. The summed E-state index contributed by atoms with van der Waals surface area (Å²) in [5.41, 5.74) is 0.682. The number of carbonyl (C=O) groups excluding carboxylic acids is 1. The standard InChI is InChI=1S/C15H21NO2S/c1-15(2)11-16(8-9-19-15)10-13(17)12-6-4-5-7-14(12)18-3/h4-7H,8-11H2,1-3H3. The van der Waals surface area contributed by atoms with Crippen molar-refractivity contribution in [2.75, 3.05) is 32.5 Å². The summed E-state index contributed by atoms with van der Waals surface area (Å²) in [6.07, 6.45) is 0. The van der Waals surface area contributed by atoms with Gasteiger partial charge in [-0.1, -0.05) is 12.1 Å². The first kappa shape index (κ1) is 14.4. The van der Waals surface area contributed by atoms with Crippen molar-refractivity contribution in [1.82, 2.24) is 4.90 Å². The Morgan fingerprint density at radius 3 is 2.84 bits per heavy atom. The van der Waals surface area contributed by atoms with E-state index in [9.17, 15) is 4.79 Å². The van der Waals surface area contributed by atoms with Crippen LogP contribution in [-0.2, 0) is 0 Å². The topological polar surface area (TPSA) is 29.5 Å². The fourth-order valence-electron chi connectivity index (χ4n) is 2.41. The number of benzene rings is 1. The highest BCUT2D eigenvalue weighted by molar-refractivity contribution is 8.00. The molecule has 0 unspecified atom stereocenters. The van der Waals surface area contributed by atoms with Crippen molar-refractivity contribution in [1.29, 1.82) is 0 Å². The van der Waals surface area contributed by atoms with Gasteiger partial charge in [-0.2, -0.15) is 11.8 Å². The van der Waals surface area contributed by atoms with Gasteiger partial charge in [0.2, 0.25) is 0 Å². The molecule has 1 aliphatic rings. The third-order valence-corrected chi connectivity index (χ3v) is 4.58. The van der Waals surface area contributed by atoms with Gasteiger partial charge < -0.3 is 4.74 Å². The molecule has 1 aromatic carbocycles. The smallest absolute Gasteiger partial charge is 0.180 e. The lowest BCUT2D eigenvalue weighted by Crippen LogP contribution is -2.45. The van der Waals surface area contributed by atoms with Crippen molar-refractivity contribution < 1.29 is 9.53 Å². The van der Waals surface area contributed by atoms with Gasteiger partial charge in [0.15, 0.2) is 5.78 Å². The molecule has 104 valence electrons. The number of carbonyl (C=O) groups is 1. The van der Waals surface area contributed by atoms with E-state index in [2.05, 4.69) is 18.7 Å². The van der Waals surface area contributed by atoms with Crippen molar-refractivity contribution in [2.45, 2.75) is 18.6 Å². The van der Waals surface area contributed by atoms with Crippen LogP contribution in [0.2, 0.25) is 0 Å². The second-order valence-electron chi connectivity index (χ2n) is 5.44. The maximum Gasteiger partial charge on any atom is 0.180 e. The molecular weight excluding hydrogens is 258 g/mol. The number of methoxy groups -OCH3 is 1. The third-order valence-electron chi connectivity index (χ3n) is 3.28. The van der Waals surface area contributed by atoms with Gasteiger partial charge >= 0.3 is 0 Å². The number of hydrogen-bond donors (Lipinski definition) is 0. The number of ketones is 1. The number of ether oxygens (including phenoxy) is 1. The lowest BCUT2D eigenvalue weighted by Gasteiger charge is -2.37. The van der Waals surface area contributed by atoms with E-state index in [1.165, 1.54) is 0 Å². The van der Waals surface area contributed by atoms with Gasteiger partial charge in [-0.3, -0.25) is 9.69 Å². The highest BCUT2D eigenvalue weighted by Crippen LogP contribution is 2.29. The number of Topliss-reactive ketones (excluding diaryl/α,β-unsaturated/α-hetero) is 1. The van der Waals surface area contributed by atoms with Crippen molar-refractivity contribution >= 4 is 17.5 Å². The normalized spacial score (nSPS) is 19.1. The zero-order chi connectivity index (χ0) is 13.9. The van der Waals surface area contributed by atoms with Crippen molar-refractivity contribution in [3.05, 3.63) is 29.8 Å². The van der Waals surface area contributed by atoms with Gasteiger partial charge in [0.25, 0.3) is 0 Å². The Bertz CT molecular complexity index is 459. The number of hydrogen-bond acceptors (Lipinski definition) is 4. The van der Waals surface area contributed by atoms with Crippen LogP contribution in [0.15, 0.2) is 24.3 Å². The SMILES string of the molecule is COc1ccccc1C(=O)CN1CCSC(C)(C)C1. The number of rotatable bonds is 4. The predicted molar refractivity (Wildman–Crippen MR) is 80.3 cm³/mol. The van der Waals surface area contributed by atoms with Crippen LogP contribution in [0.4, 0.5) is 0 Å². The Balaban J connectivity index is 2.05. The first-order valence-corrected chi connectivity index (χ1v) is 7.53. The molecule has 0 radical (unpaired) electrons. The van der Waals surface area contributed by atoms with Gasteiger partial charge in [-0.25, -0.2) is 0 Å². The summed E-state index contributed by atoms with van der Waals surface area (Å²) in [5.74, 6) is 1.89. The molecule has 0 aromatic heterocycles. The molecule has 0 bridgehead atoms. The minimum absolute atomic E-state index is 0.139. The van der Waals surface area contributed by atoms with Crippen LogP contribution < -0.4 is 4.74 Å². The van der Waals surface area contributed by atoms with Crippen LogP contribution in [0.1, 0.15) is 24.2 Å². The lowest BCUT2D eigenvalue weighted by molar-refractivity contribution is 0.0924. The Morgan fingerprint density at radius 2 is 2.16 bits per heavy atom. The number of nitrogens with zero attached hydrogens (tertiary/aromatic N) is 1. The van der Waals surface area contributed by atoms with Gasteiger partial charge in [0.1, 0.15) is 5.75 Å². The average Bonchev–Trinajstić information content (AvgIpc) is 2.37. The van der Waals surface area contributed by atoms with E-state index < -0.39 is 0 Å². The highest BCUT2D eigenvalue weighted by Gasteiger charge is 2.28. The summed E-state index contributed by atoms with van der Waals surface area (Å²) in [6.45, 7) is 6.88.